The Hall–Kier alpha value is -0.620. The molecule has 21 heavy (non-hydrogen) atoms. The Balaban J connectivity index is 2.59. The van der Waals surface area contributed by atoms with E-state index in [1.165, 1.54) is 12.7 Å². The van der Waals surface area contributed by atoms with Gasteiger partial charge in [-0.3, -0.25) is 9.69 Å². The molecular weight excluding hydrogens is 288 g/mol. The fraction of sp³-hybridized carbons (Fsp3) is 0.933. The summed E-state index contributed by atoms with van der Waals surface area (Å²) in [5.41, 5.74) is 0. The standard InChI is InChI=1S/C15H30N2O3S/c1-12(2)16(6-7-21(5,19)20)11-15(18)17-9-13(3)8-14(4)10-17/h12-14H,6-11H2,1-5H3/t13-,14-/m1/s1. The largest absolute Gasteiger partial charge is 0.341 e. The van der Waals surface area contributed by atoms with Gasteiger partial charge in [-0.15, -0.1) is 0 Å². The summed E-state index contributed by atoms with van der Waals surface area (Å²) >= 11 is 0. The van der Waals surface area contributed by atoms with Crippen LogP contribution >= 0.6 is 0 Å². The number of amides is 1. The number of hydrogen-bond acceptors (Lipinski definition) is 4. The summed E-state index contributed by atoms with van der Waals surface area (Å²) in [5, 5.41) is 0. The second-order valence-electron chi connectivity index (χ2n) is 6.94. The van der Waals surface area contributed by atoms with Crippen LogP contribution in [0, 0.1) is 11.8 Å². The van der Waals surface area contributed by atoms with Crippen LogP contribution in [0.4, 0.5) is 0 Å². The zero-order chi connectivity index (χ0) is 16.2. The maximum absolute atomic E-state index is 12.5. The molecule has 1 saturated heterocycles. The number of carbonyl (C=O) groups is 1. The third-order valence-corrected chi connectivity index (χ3v) is 4.96. The van der Waals surface area contributed by atoms with Crippen molar-refractivity contribution in [3.05, 3.63) is 0 Å². The normalized spacial score (nSPS) is 23.9. The first-order chi connectivity index (χ1) is 9.58. The predicted molar refractivity (Wildman–Crippen MR) is 85.9 cm³/mol. The lowest BCUT2D eigenvalue weighted by molar-refractivity contribution is -0.135. The first kappa shape index (κ1) is 18.4. The minimum absolute atomic E-state index is 0.102. The van der Waals surface area contributed by atoms with Crippen LogP contribution in [-0.2, 0) is 14.6 Å². The molecule has 0 aliphatic carbocycles. The molecule has 1 heterocycles. The molecule has 0 bridgehead atoms. The molecule has 6 heteroatoms. The van der Waals surface area contributed by atoms with Crippen molar-refractivity contribution in [3.8, 4) is 0 Å². The monoisotopic (exact) mass is 318 g/mol. The van der Waals surface area contributed by atoms with Gasteiger partial charge in [0.25, 0.3) is 0 Å². The Morgan fingerprint density at radius 2 is 1.76 bits per heavy atom. The fourth-order valence-corrected chi connectivity index (χ4v) is 3.51. The van der Waals surface area contributed by atoms with E-state index in [-0.39, 0.29) is 17.7 Å². The number of sulfone groups is 1. The van der Waals surface area contributed by atoms with Crippen LogP contribution in [0.3, 0.4) is 0 Å². The van der Waals surface area contributed by atoms with Crippen molar-refractivity contribution in [2.45, 2.75) is 40.2 Å². The van der Waals surface area contributed by atoms with Crippen LogP contribution in [0.5, 0.6) is 0 Å². The third-order valence-electron chi connectivity index (χ3n) is 4.04. The number of likely N-dealkylation sites (tertiary alicyclic amines) is 1. The van der Waals surface area contributed by atoms with E-state index >= 15 is 0 Å². The highest BCUT2D eigenvalue weighted by molar-refractivity contribution is 7.90. The molecule has 1 rings (SSSR count). The van der Waals surface area contributed by atoms with Crippen molar-refractivity contribution < 1.29 is 13.2 Å². The second kappa shape index (κ2) is 7.58. The highest BCUT2D eigenvalue weighted by Crippen LogP contribution is 2.21. The molecule has 1 fully saturated rings. The number of rotatable bonds is 6. The Labute approximate surface area is 129 Å². The van der Waals surface area contributed by atoms with Gasteiger partial charge in [-0.25, -0.2) is 8.42 Å². The van der Waals surface area contributed by atoms with Gasteiger partial charge >= 0.3 is 0 Å². The topological polar surface area (TPSA) is 57.7 Å². The van der Waals surface area contributed by atoms with Crippen molar-refractivity contribution in [1.82, 2.24) is 9.80 Å². The predicted octanol–water partition coefficient (Wildman–Crippen LogP) is 1.25. The van der Waals surface area contributed by atoms with E-state index in [9.17, 15) is 13.2 Å². The highest BCUT2D eigenvalue weighted by Gasteiger charge is 2.27. The zero-order valence-corrected chi connectivity index (χ0v) is 14.8. The summed E-state index contributed by atoms with van der Waals surface area (Å²) in [6.45, 7) is 10.7. The smallest absolute Gasteiger partial charge is 0.236 e. The fourth-order valence-electron chi connectivity index (χ4n) is 2.94. The number of carbonyl (C=O) groups excluding carboxylic acids is 1. The van der Waals surface area contributed by atoms with Crippen molar-refractivity contribution in [3.63, 3.8) is 0 Å². The molecule has 0 aromatic carbocycles. The van der Waals surface area contributed by atoms with Gasteiger partial charge in [-0.05, 0) is 32.1 Å². The first-order valence-electron chi connectivity index (χ1n) is 7.78. The zero-order valence-electron chi connectivity index (χ0n) is 14.0. The lowest BCUT2D eigenvalue weighted by atomic mass is 9.92. The van der Waals surface area contributed by atoms with E-state index < -0.39 is 9.84 Å². The van der Waals surface area contributed by atoms with Crippen LogP contribution < -0.4 is 0 Å². The van der Waals surface area contributed by atoms with Crippen LogP contribution in [0.25, 0.3) is 0 Å². The maximum atomic E-state index is 12.5. The van der Waals surface area contributed by atoms with E-state index in [0.29, 0.717) is 24.9 Å². The molecule has 1 aliphatic heterocycles. The Bertz CT molecular complexity index is 438. The van der Waals surface area contributed by atoms with Crippen molar-refractivity contribution in [1.29, 1.82) is 0 Å². The molecule has 124 valence electrons. The van der Waals surface area contributed by atoms with Gasteiger partial charge in [0.2, 0.25) is 5.91 Å². The molecule has 0 radical (unpaired) electrons. The first-order valence-corrected chi connectivity index (χ1v) is 9.84. The molecule has 1 aliphatic rings. The Morgan fingerprint density at radius 3 is 2.19 bits per heavy atom. The number of piperidine rings is 1. The molecule has 0 unspecified atom stereocenters. The van der Waals surface area contributed by atoms with E-state index in [1.807, 2.05) is 23.6 Å². The van der Waals surface area contributed by atoms with Gasteiger partial charge < -0.3 is 4.90 Å². The summed E-state index contributed by atoms with van der Waals surface area (Å²) in [6, 6.07) is 0.162. The molecule has 1 amide bonds. The number of nitrogens with zero attached hydrogens (tertiary/aromatic N) is 2. The van der Waals surface area contributed by atoms with Gasteiger partial charge in [0, 0.05) is 31.9 Å². The van der Waals surface area contributed by atoms with E-state index in [2.05, 4.69) is 13.8 Å². The summed E-state index contributed by atoms with van der Waals surface area (Å²) in [4.78, 5) is 16.4. The number of hydrogen-bond donors (Lipinski definition) is 0. The van der Waals surface area contributed by atoms with Crippen molar-refractivity contribution >= 4 is 15.7 Å². The lowest BCUT2D eigenvalue weighted by Crippen LogP contribution is -2.48. The van der Waals surface area contributed by atoms with Gasteiger partial charge in [0.05, 0.1) is 12.3 Å². The SMILES string of the molecule is CC(C)N(CCS(C)(=O)=O)CC(=O)N1C[C@H](C)C[C@@H](C)C1. The summed E-state index contributed by atoms with van der Waals surface area (Å²) < 4.78 is 22.6. The molecule has 2 atom stereocenters. The van der Waals surface area contributed by atoms with Gasteiger partial charge in [0.15, 0.2) is 0 Å². The molecule has 0 aromatic rings. The second-order valence-corrected chi connectivity index (χ2v) is 9.20. The average Bonchev–Trinajstić information content (AvgIpc) is 2.31. The highest BCUT2D eigenvalue weighted by atomic mass is 32.2. The maximum Gasteiger partial charge on any atom is 0.236 e. The van der Waals surface area contributed by atoms with Crippen LogP contribution in [0.1, 0.15) is 34.1 Å². The van der Waals surface area contributed by atoms with E-state index in [0.717, 1.165) is 13.1 Å². The summed E-state index contributed by atoms with van der Waals surface area (Å²) in [7, 11) is -3.00. The molecule has 0 saturated carbocycles. The van der Waals surface area contributed by atoms with E-state index in [4.69, 9.17) is 0 Å². The van der Waals surface area contributed by atoms with Gasteiger partial charge in [-0.2, -0.15) is 0 Å². The van der Waals surface area contributed by atoms with Crippen LogP contribution in [0.2, 0.25) is 0 Å². The summed E-state index contributed by atoms with van der Waals surface area (Å²) in [6.07, 6.45) is 2.41. The Kier molecular flexibility index (Phi) is 6.66. The molecule has 0 spiro atoms. The minimum Gasteiger partial charge on any atom is -0.341 e. The third kappa shape index (κ3) is 6.78. The minimum atomic E-state index is -3.00. The van der Waals surface area contributed by atoms with Crippen molar-refractivity contribution in [2.24, 2.45) is 11.8 Å². The average molecular weight is 318 g/mol. The Morgan fingerprint density at radius 1 is 1.24 bits per heavy atom. The summed E-state index contributed by atoms with van der Waals surface area (Å²) in [5.74, 6) is 1.31. The quantitative estimate of drug-likeness (QED) is 0.739. The molecule has 0 aromatic heterocycles. The van der Waals surface area contributed by atoms with Crippen LogP contribution in [0.15, 0.2) is 0 Å². The molecule has 0 N–H and O–H groups in total. The van der Waals surface area contributed by atoms with Crippen molar-refractivity contribution in [2.75, 3.05) is 38.2 Å². The molecular formula is C15H30N2O3S. The molecule has 5 nitrogen and oxygen atoms in total. The van der Waals surface area contributed by atoms with Crippen LogP contribution in [-0.4, -0.2) is 68.4 Å². The van der Waals surface area contributed by atoms with E-state index in [1.54, 1.807) is 0 Å². The van der Waals surface area contributed by atoms with Gasteiger partial charge in [0.1, 0.15) is 9.84 Å². The lowest BCUT2D eigenvalue weighted by Gasteiger charge is -2.37. The van der Waals surface area contributed by atoms with Gasteiger partial charge in [-0.1, -0.05) is 13.8 Å².